The van der Waals surface area contributed by atoms with Gasteiger partial charge in [-0.3, -0.25) is 9.59 Å². The molecular formula is C46H83NO7. The lowest BCUT2D eigenvalue weighted by atomic mass is 10.1. The zero-order valence-electron chi connectivity index (χ0n) is 35.6. The number of hydrogen-bond donors (Lipinski definition) is 0. The quantitative estimate of drug-likeness (QED) is 0.0266. The van der Waals surface area contributed by atoms with Crippen molar-refractivity contribution in [2.45, 2.75) is 199 Å². The number of rotatable bonds is 39. The number of likely N-dealkylation sites (N-methyl/N-ethyl adjacent to an activating group) is 1. The molecule has 2 unspecified atom stereocenters. The molecule has 0 heterocycles. The molecule has 0 rings (SSSR count). The van der Waals surface area contributed by atoms with Gasteiger partial charge in [-0.1, -0.05) is 147 Å². The SMILES string of the molecule is CCCCCC/C=C/CCC(=O)OC(COCCC(C(=O)[O-])[N+](C)(C)C)COC(=O)CCCCCCCCC/C=C/C/C=C/CCCCCCCCCC. The molecule has 0 spiro atoms. The van der Waals surface area contributed by atoms with Gasteiger partial charge in [0.2, 0.25) is 0 Å². The first-order valence-electron chi connectivity index (χ1n) is 22.0. The van der Waals surface area contributed by atoms with E-state index in [2.05, 4.69) is 44.2 Å². The minimum absolute atomic E-state index is 0.0233. The third-order valence-corrected chi connectivity index (χ3v) is 9.76. The van der Waals surface area contributed by atoms with Crippen molar-refractivity contribution in [3.63, 3.8) is 0 Å². The Hall–Kier alpha value is -2.45. The zero-order chi connectivity index (χ0) is 40.0. The monoisotopic (exact) mass is 762 g/mol. The number of carboxylic acid groups (broad SMARTS) is 1. The fraction of sp³-hybridized carbons (Fsp3) is 0.804. The summed E-state index contributed by atoms with van der Waals surface area (Å²) in [6, 6.07) is -0.730. The topological polar surface area (TPSA) is 102 Å². The molecule has 54 heavy (non-hydrogen) atoms. The maximum atomic E-state index is 12.6. The molecular weight excluding hydrogens is 679 g/mol. The van der Waals surface area contributed by atoms with Gasteiger partial charge in [0.05, 0.1) is 40.3 Å². The summed E-state index contributed by atoms with van der Waals surface area (Å²) in [4.78, 5) is 36.6. The van der Waals surface area contributed by atoms with Gasteiger partial charge in [-0.2, -0.15) is 0 Å². The Morgan fingerprint density at radius 2 is 1.02 bits per heavy atom. The average molecular weight is 762 g/mol. The van der Waals surface area contributed by atoms with Crippen LogP contribution in [0.5, 0.6) is 0 Å². The molecule has 2 atom stereocenters. The number of carboxylic acids is 1. The van der Waals surface area contributed by atoms with Crippen LogP contribution in [0.2, 0.25) is 0 Å². The molecule has 0 aromatic heterocycles. The smallest absolute Gasteiger partial charge is 0.306 e. The van der Waals surface area contributed by atoms with Crippen LogP contribution in [0.1, 0.15) is 187 Å². The van der Waals surface area contributed by atoms with Crippen molar-refractivity contribution in [1.82, 2.24) is 0 Å². The second-order valence-corrected chi connectivity index (χ2v) is 15.9. The third kappa shape index (κ3) is 35.3. The van der Waals surface area contributed by atoms with Gasteiger partial charge in [-0.05, 0) is 57.8 Å². The molecule has 8 heteroatoms. The Morgan fingerprint density at radius 3 is 1.54 bits per heavy atom. The Kier molecular flexibility index (Phi) is 35.8. The molecule has 0 saturated carbocycles. The second kappa shape index (κ2) is 37.5. The summed E-state index contributed by atoms with van der Waals surface area (Å²) in [5.74, 6) is -1.81. The number of ether oxygens (including phenoxy) is 3. The van der Waals surface area contributed by atoms with E-state index in [1.165, 1.54) is 103 Å². The van der Waals surface area contributed by atoms with Gasteiger partial charge in [0, 0.05) is 19.3 Å². The van der Waals surface area contributed by atoms with Crippen molar-refractivity contribution in [3.8, 4) is 0 Å². The van der Waals surface area contributed by atoms with E-state index < -0.39 is 18.1 Å². The Bertz CT molecular complexity index is 984. The van der Waals surface area contributed by atoms with Gasteiger partial charge in [0.15, 0.2) is 6.10 Å². The number of esters is 2. The van der Waals surface area contributed by atoms with Crippen LogP contribution in [0.4, 0.5) is 0 Å². The summed E-state index contributed by atoms with van der Waals surface area (Å²) in [7, 11) is 5.38. The number of carbonyl (C=O) groups is 3. The van der Waals surface area contributed by atoms with E-state index in [0.29, 0.717) is 12.8 Å². The molecule has 0 aromatic rings. The van der Waals surface area contributed by atoms with E-state index in [9.17, 15) is 19.5 Å². The normalized spacial score (nSPS) is 13.3. The molecule has 8 nitrogen and oxygen atoms in total. The maximum Gasteiger partial charge on any atom is 0.306 e. The largest absolute Gasteiger partial charge is 0.544 e. The molecule has 0 bridgehead atoms. The van der Waals surface area contributed by atoms with Gasteiger partial charge in [0.25, 0.3) is 0 Å². The summed E-state index contributed by atoms with van der Waals surface area (Å²) in [6.45, 7) is 4.56. The molecule has 314 valence electrons. The summed E-state index contributed by atoms with van der Waals surface area (Å²) in [5, 5.41) is 11.6. The molecule has 0 fully saturated rings. The van der Waals surface area contributed by atoms with Crippen LogP contribution in [-0.2, 0) is 28.6 Å². The van der Waals surface area contributed by atoms with Crippen molar-refractivity contribution in [2.24, 2.45) is 0 Å². The molecule has 0 aliphatic carbocycles. The predicted molar refractivity (Wildman–Crippen MR) is 222 cm³/mol. The van der Waals surface area contributed by atoms with Crippen LogP contribution in [0, 0.1) is 0 Å². The van der Waals surface area contributed by atoms with Gasteiger partial charge >= 0.3 is 11.9 Å². The predicted octanol–water partition coefficient (Wildman–Crippen LogP) is 10.5. The summed E-state index contributed by atoms with van der Waals surface area (Å²) < 4.78 is 17.0. The van der Waals surface area contributed by atoms with Crippen molar-refractivity contribution in [3.05, 3.63) is 36.5 Å². The fourth-order valence-corrected chi connectivity index (χ4v) is 6.29. The highest BCUT2D eigenvalue weighted by Gasteiger charge is 2.25. The highest BCUT2D eigenvalue weighted by molar-refractivity contribution is 5.70. The van der Waals surface area contributed by atoms with Gasteiger partial charge < -0.3 is 28.6 Å². The highest BCUT2D eigenvalue weighted by Crippen LogP contribution is 2.13. The standard InChI is InChI=1S/C46H83NO7/c1-6-8-10-12-14-16-17-18-19-20-21-22-23-24-25-26-27-28-29-31-32-34-36-44(48)53-41-42(40-52-39-38-43(46(50)51)47(3,4)5)54-45(49)37-35-33-30-15-13-11-9-7-2/h20-21,23-24,30,33,42-43H,6-19,22,25-29,31-32,34-41H2,1-5H3/b21-20+,24-23+,33-30+. The van der Waals surface area contributed by atoms with Gasteiger partial charge in [-0.15, -0.1) is 0 Å². The lowest BCUT2D eigenvalue weighted by Crippen LogP contribution is -2.55. The number of unbranched alkanes of at least 4 members (excludes halogenated alkanes) is 19. The van der Waals surface area contributed by atoms with Crippen LogP contribution in [0.25, 0.3) is 0 Å². The van der Waals surface area contributed by atoms with E-state index in [4.69, 9.17) is 14.2 Å². The van der Waals surface area contributed by atoms with E-state index in [1.807, 2.05) is 6.08 Å². The Labute approximate surface area is 332 Å². The maximum absolute atomic E-state index is 12.6. The lowest BCUT2D eigenvalue weighted by molar-refractivity contribution is -0.889. The van der Waals surface area contributed by atoms with E-state index in [0.717, 1.165) is 44.9 Å². The number of aliphatic carboxylic acids is 1. The van der Waals surface area contributed by atoms with Crippen LogP contribution >= 0.6 is 0 Å². The van der Waals surface area contributed by atoms with Crippen LogP contribution < -0.4 is 5.11 Å². The summed E-state index contributed by atoms with van der Waals surface area (Å²) in [6.07, 6.45) is 42.0. The third-order valence-electron chi connectivity index (χ3n) is 9.76. The van der Waals surface area contributed by atoms with Crippen molar-refractivity contribution >= 4 is 17.9 Å². The first kappa shape index (κ1) is 51.5. The van der Waals surface area contributed by atoms with Crippen LogP contribution in [-0.4, -0.2) is 75.5 Å². The van der Waals surface area contributed by atoms with E-state index >= 15 is 0 Å². The molecule has 0 aliphatic heterocycles. The molecule has 0 saturated heterocycles. The Morgan fingerprint density at radius 1 is 0.556 bits per heavy atom. The van der Waals surface area contributed by atoms with E-state index in [1.54, 1.807) is 21.1 Å². The number of allylic oxidation sites excluding steroid dienone is 6. The first-order chi connectivity index (χ1) is 26.1. The summed E-state index contributed by atoms with van der Waals surface area (Å²) >= 11 is 0. The molecule has 0 aromatic carbocycles. The Balaban J connectivity index is 4.21. The highest BCUT2D eigenvalue weighted by atomic mass is 16.6. The first-order valence-corrected chi connectivity index (χ1v) is 22.0. The molecule has 0 N–H and O–H groups in total. The average Bonchev–Trinajstić information content (AvgIpc) is 3.12. The second-order valence-electron chi connectivity index (χ2n) is 15.9. The zero-order valence-corrected chi connectivity index (χ0v) is 35.6. The van der Waals surface area contributed by atoms with Crippen LogP contribution in [0.3, 0.4) is 0 Å². The molecule has 0 amide bonds. The molecule has 0 radical (unpaired) electrons. The van der Waals surface area contributed by atoms with Crippen LogP contribution in [0.15, 0.2) is 36.5 Å². The van der Waals surface area contributed by atoms with E-state index in [-0.39, 0.29) is 49.1 Å². The fourth-order valence-electron chi connectivity index (χ4n) is 6.29. The minimum atomic E-state index is -1.13. The van der Waals surface area contributed by atoms with Gasteiger partial charge in [-0.25, -0.2) is 0 Å². The minimum Gasteiger partial charge on any atom is -0.544 e. The summed E-state index contributed by atoms with van der Waals surface area (Å²) in [5.41, 5.74) is 0. The lowest BCUT2D eigenvalue weighted by Gasteiger charge is -2.34. The van der Waals surface area contributed by atoms with Crippen molar-refractivity contribution in [2.75, 3.05) is 41.0 Å². The molecule has 0 aliphatic rings. The van der Waals surface area contributed by atoms with Crippen molar-refractivity contribution < 1.29 is 38.2 Å². The van der Waals surface area contributed by atoms with Gasteiger partial charge in [0.1, 0.15) is 12.6 Å². The number of carbonyl (C=O) groups excluding carboxylic acids is 3. The van der Waals surface area contributed by atoms with Crippen molar-refractivity contribution in [1.29, 1.82) is 0 Å². The number of hydrogen-bond acceptors (Lipinski definition) is 7. The number of nitrogens with zero attached hydrogens (tertiary/aromatic N) is 1. The number of quaternary nitrogens is 1.